The molecule has 4 heteroatoms. The van der Waals surface area contributed by atoms with Crippen LogP contribution in [0.4, 0.5) is 0 Å². The van der Waals surface area contributed by atoms with E-state index in [9.17, 15) is 9.90 Å². The van der Waals surface area contributed by atoms with Crippen molar-refractivity contribution >= 4 is 5.91 Å². The molecule has 1 N–H and O–H groups in total. The van der Waals surface area contributed by atoms with E-state index in [-0.39, 0.29) is 18.6 Å². The number of likely N-dealkylation sites (N-methyl/N-ethyl adjacent to an activating group) is 1. The second-order valence-electron chi connectivity index (χ2n) is 5.71. The highest BCUT2D eigenvalue weighted by Crippen LogP contribution is 2.28. The fourth-order valence-corrected chi connectivity index (χ4v) is 2.78. The summed E-state index contributed by atoms with van der Waals surface area (Å²) in [5, 5.41) is 9.24. The number of hydrogen-bond donors (Lipinski definition) is 1. The molecule has 0 aliphatic carbocycles. The first kappa shape index (κ1) is 15.0. The summed E-state index contributed by atoms with van der Waals surface area (Å²) in [6.07, 6.45) is 1.92. The van der Waals surface area contributed by atoms with Crippen LogP contribution in [0, 0.1) is 5.92 Å². The fourth-order valence-electron chi connectivity index (χ4n) is 2.78. The van der Waals surface area contributed by atoms with E-state index in [0.29, 0.717) is 5.92 Å². The normalized spacial score (nSPS) is 18.8. The minimum absolute atomic E-state index is 0.124. The van der Waals surface area contributed by atoms with Crippen molar-refractivity contribution in [1.82, 2.24) is 9.80 Å². The summed E-state index contributed by atoms with van der Waals surface area (Å²) in [6.45, 7) is 1.99. The summed E-state index contributed by atoms with van der Waals surface area (Å²) in [4.78, 5) is 16.4. The number of likely N-dealkylation sites (tertiary alicyclic amines) is 1. The molecule has 2 rings (SSSR count). The second kappa shape index (κ2) is 6.86. The van der Waals surface area contributed by atoms with E-state index in [1.54, 1.807) is 19.0 Å². The van der Waals surface area contributed by atoms with Gasteiger partial charge >= 0.3 is 0 Å². The Labute approximate surface area is 121 Å². The lowest BCUT2D eigenvalue weighted by Gasteiger charge is -2.37. The van der Waals surface area contributed by atoms with Crippen LogP contribution in [0.3, 0.4) is 0 Å². The van der Waals surface area contributed by atoms with E-state index in [0.717, 1.165) is 31.5 Å². The number of aliphatic hydroxyl groups is 1. The van der Waals surface area contributed by atoms with Crippen molar-refractivity contribution in [2.45, 2.75) is 18.9 Å². The lowest BCUT2D eigenvalue weighted by Crippen LogP contribution is -2.44. The number of benzene rings is 1. The Bertz CT molecular complexity index is 425. The molecular weight excluding hydrogens is 252 g/mol. The standard InChI is InChI=1S/C16H24N2O2/c1-17(2)16(20)15(14-6-4-3-5-7-14)18-10-8-13(12-19)9-11-18/h3-7,13,15,19H,8-12H2,1-2H3. The molecule has 0 radical (unpaired) electrons. The Morgan fingerprint density at radius 3 is 2.40 bits per heavy atom. The first-order chi connectivity index (χ1) is 9.63. The molecule has 1 unspecified atom stereocenters. The number of carbonyl (C=O) groups is 1. The zero-order chi connectivity index (χ0) is 14.5. The van der Waals surface area contributed by atoms with Gasteiger partial charge in [-0.15, -0.1) is 0 Å². The van der Waals surface area contributed by atoms with E-state index in [1.807, 2.05) is 30.3 Å². The SMILES string of the molecule is CN(C)C(=O)C(c1ccccc1)N1CCC(CO)CC1. The van der Waals surface area contributed by atoms with Crippen molar-refractivity contribution in [3.05, 3.63) is 35.9 Å². The van der Waals surface area contributed by atoms with Gasteiger partial charge in [-0.05, 0) is 37.4 Å². The van der Waals surface area contributed by atoms with Crippen LogP contribution in [0.25, 0.3) is 0 Å². The summed E-state index contributed by atoms with van der Waals surface area (Å²) in [7, 11) is 3.61. The maximum atomic E-state index is 12.5. The van der Waals surface area contributed by atoms with Crippen molar-refractivity contribution in [2.75, 3.05) is 33.8 Å². The largest absolute Gasteiger partial charge is 0.396 e. The number of rotatable bonds is 4. The molecule has 0 bridgehead atoms. The van der Waals surface area contributed by atoms with Gasteiger partial charge in [0.15, 0.2) is 0 Å². The minimum atomic E-state index is -0.203. The average Bonchev–Trinajstić information content (AvgIpc) is 2.49. The predicted molar refractivity (Wildman–Crippen MR) is 79.3 cm³/mol. The third-order valence-corrected chi connectivity index (χ3v) is 4.06. The van der Waals surface area contributed by atoms with Crippen molar-refractivity contribution in [3.8, 4) is 0 Å². The van der Waals surface area contributed by atoms with Crippen LogP contribution in [0.15, 0.2) is 30.3 Å². The van der Waals surface area contributed by atoms with Gasteiger partial charge in [0, 0.05) is 20.7 Å². The Hall–Kier alpha value is -1.39. The summed E-state index contributed by atoms with van der Waals surface area (Å²) in [5.74, 6) is 0.510. The van der Waals surface area contributed by atoms with Crippen LogP contribution in [-0.2, 0) is 4.79 Å². The third-order valence-electron chi connectivity index (χ3n) is 4.06. The molecule has 0 saturated carbocycles. The predicted octanol–water partition coefficient (Wildman–Crippen LogP) is 1.52. The molecule has 1 heterocycles. The molecule has 20 heavy (non-hydrogen) atoms. The first-order valence-corrected chi connectivity index (χ1v) is 7.24. The quantitative estimate of drug-likeness (QED) is 0.907. The first-order valence-electron chi connectivity index (χ1n) is 7.24. The van der Waals surface area contributed by atoms with Gasteiger partial charge in [0.25, 0.3) is 0 Å². The lowest BCUT2D eigenvalue weighted by molar-refractivity contribution is -0.135. The van der Waals surface area contributed by atoms with Crippen molar-refractivity contribution in [1.29, 1.82) is 0 Å². The molecule has 1 aromatic carbocycles. The molecule has 110 valence electrons. The molecule has 0 aromatic heterocycles. The number of carbonyl (C=O) groups excluding carboxylic acids is 1. The molecule has 1 atom stereocenters. The molecule has 0 spiro atoms. The smallest absolute Gasteiger partial charge is 0.244 e. The highest BCUT2D eigenvalue weighted by molar-refractivity contribution is 5.82. The zero-order valence-electron chi connectivity index (χ0n) is 12.3. The zero-order valence-corrected chi connectivity index (χ0v) is 12.3. The maximum Gasteiger partial charge on any atom is 0.244 e. The number of hydrogen-bond acceptors (Lipinski definition) is 3. The van der Waals surface area contributed by atoms with Gasteiger partial charge in [-0.3, -0.25) is 9.69 Å². The lowest BCUT2D eigenvalue weighted by atomic mass is 9.94. The second-order valence-corrected chi connectivity index (χ2v) is 5.71. The summed E-state index contributed by atoms with van der Waals surface area (Å²) < 4.78 is 0. The molecule has 1 fully saturated rings. The van der Waals surface area contributed by atoms with E-state index < -0.39 is 0 Å². The monoisotopic (exact) mass is 276 g/mol. The van der Waals surface area contributed by atoms with Crippen LogP contribution in [0.2, 0.25) is 0 Å². The Morgan fingerprint density at radius 1 is 1.30 bits per heavy atom. The number of amides is 1. The average molecular weight is 276 g/mol. The van der Waals surface area contributed by atoms with Crippen LogP contribution >= 0.6 is 0 Å². The Kier molecular flexibility index (Phi) is 5.15. The molecule has 4 nitrogen and oxygen atoms in total. The molecule has 1 aliphatic heterocycles. The fraction of sp³-hybridized carbons (Fsp3) is 0.562. The van der Waals surface area contributed by atoms with Crippen molar-refractivity contribution in [3.63, 3.8) is 0 Å². The molecular formula is C16H24N2O2. The van der Waals surface area contributed by atoms with Crippen molar-refractivity contribution < 1.29 is 9.90 Å². The Morgan fingerprint density at radius 2 is 1.90 bits per heavy atom. The van der Waals surface area contributed by atoms with Gasteiger partial charge < -0.3 is 10.0 Å². The van der Waals surface area contributed by atoms with E-state index in [4.69, 9.17) is 0 Å². The molecule has 1 amide bonds. The minimum Gasteiger partial charge on any atom is -0.396 e. The topological polar surface area (TPSA) is 43.8 Å². The van der Waals surface area contributed by atoms with E-state index >= 15 is 0 Å². The van der Waals surface area contributed by atoms with E-state index in [2.05, 4.69) is 4.90 Å². The summed E-state index contributed by atoms with van der Waals surface area (Å²) in [5.41, 5.74) is 1.05. The van der Waals surface area contributed by atoms with Gasteiger partial charge in [-0.2, -0.15) is 0 Å². The summed E-state index contributed by atoms with van der Waals surface area (Å²) in [6, 6.07) is 9.76. The van der Waals surface area contributed by atoms with Gasteiger partial charge in [0.2, 0.25) is 5.91 Å². The van der Waals surface area contributed by atoms with Crippen LogP contribution in [0.1, 0.15) is 24.4 Å². The highest BCUT2D eigenvalue weighted by Gasteiger charge is 2.31. The Balaban J connectivity index is 2.18. The van der Waals surface area contributed by atoms with Crippen LogP contribution in [-0.4, -0.2) is 54.6 Å². The van der Waals surface area contributed by atoms with Gasteiger partial charge in [0.1, 0.15) is 6.04 Å². The van der Waals surface area contributed by atoms with Crippen LogP contribution < -0.4 is 0 Å². The third kappa shape index (κ3) is 3.38. The number of aliphatic hydroxyl groups excluding tert-OH is 1. The van der Waals surface area contributed by atoms with Gasteiger partial charge in [0.05, 0.1) is 0 Å². The number of nitrogens with zero attached hydrogens (tertiary/aromatic N) is 2. The molecule has 1 aliphatic rings. The van der Waals surface area contributed by atoms with Gasteiger partial charge in [-0.25, -0.2) is 0 Å². The van der Waals surface area contributed by atoms with Crippen LogP contribution in [0.5, 0.6) is 0 Å². The van der Waals surface area contributed by atoms with Crippen molar-refractivity contribution in [2.24, 2.45) is 5.92 Å². The van der Waals surface area contributed by atoms with E-state index in [1.165, 1.54) is 0 Å². The summed E-state index contributed by atoms with van der Waals surface area (Å²) >= 11 is 0. The number of piperidine rings is 1. The van der Waals surface area contributed by atoms with Gasteiger partial charge in [-0.1, -0.05) is 30.3 Å². The molecule has 1 aromatic rings. The highest BCUT2D eigenvalue weighted by atomic mass is 16.3. The maximum absolute atomic E-state index is 12.5. The molecule has 1 saturated heterocycles.